The SMILES string of the molecule is CCNC(=NCc1ccc(Br)cc1C)NCc1csc(N(C)C)n1. The second-order valence-corrected chi connectivity index (χ2v) is 7.39. The van der Waals surface area contributed by atoms with Crippen LogP contribution in [-0.4, -0.2) is 31.6 Å². The molecule has 0 spiro atoms. The maximum Gasteiger partial charge on any atom is 0.191 e. The van der Waals surface area contributed by atoms with Crippen LogP contribution in [0.2, 0.25) is 0 Å². The second kappa shape index (κ2) is 9.03. The van der Waals surface area contributed by atoms with Crippen molar-refractivity contribution < 1.29 is 0 Å². The Balaban J connectivity index is 1.99. The molecular formula is C17H24BrN5S. The van der Waals surface area contributed by atoms with Gasteiger partial charge < -0.3 is 15.5 Å². The molecular weight excluding hydrogens is 386 g/mol. The molecule has 5 nitrogen and oxygen atoms in total. The second-order valence-electron chi connectivity index (χ2n) is 5.64. The van der Waals surface area contributed by atoms with Gasteiger partial charge in [-0.25, -0.2) is 9.98 Å². The molecule has 0 amide bonds. The number of guanidine groups is 1. The van der Waals surface area contributed by atoms with Crippen LogP contribution in [0.4, 0.5) is 5.13 Å². The lowest BCUT2D eigenvalue weighted by Gasteiger charge is -2.11. The summed E-state index contributed by atoms with van der Waals surface area (Å²) in [4.78, 5) is 11.3. The van der Waals surface area contributed by atoms with E-state index in [2.05, 4.69) is 74.0 Å². The summed E-state index contributed by atoms with van der Waals surface area (Å²) in [6, 6.07) is 6.27. The Kier molecular flexibility index (Phi) is 7.05. The number of aryl methyl sites for hydroxylation is 1. The summed E-state index contributed by atoms with van der Waals surface area (Å²) >= 11 is 5.14. The highest BCUT2D eigenvalue weighted by atomic mass is 79.9. The van der Waals surface area contributed by atoms with E-state index in [-0.39, 0.29) is 0 Å². The van der Waals surface area contributed by atoms with Crippen molar-refractivity contribution in [2.45, 2.75) is 26.9 Å². The van der Waals surface area contributed by atoms with Crippen LogP contribution in [0.3, 0.4) is 0 Å². The van der Waals surface area contributed by atoms with E-state index in [1.165, 1.54) is 11.1 Å². The summed E-state index contributed by atoms with van der Waals surface area (Å²) in [6.07, 6.45) is 0. The number of thiazole rings is 1. The number of anilines is 1. The Labute approximate surface area is 156 Å². The zero-order chi connectivity index (χ0) is 17.5. The van der Waals surface area contributed by atoms with Crippen LogP contribution in [0.25, 0.3) is 0 Å². The molecule has 24 heavy (non-hydrogen) atoms. The summed E-state index contributed by atoms with van der Waals surface area (Å²) < 4.78 is 1.10. The molecule has 1 aromatic heterocycles. The molecule has 2 aromatic rings. The fraction of sp³-hybridized carbons (Fsp3) is 0.412. The third-order valence-corrected chi connectivity index (χ3v) is 4.97. The molecule has 1 heterocycles. The number of hydrogen-bond donors (Lipinski definition) is 2. The van der Waals surface area contributed by atoms with E-state index in [4.69, 9.17) is 0 Å². The zero-order valence-corrected chi connectivity index (χ0v) is 17.0. The summed E-state index contributed by atoms with van der Waals surface area (Å²) in [5.41, 5.74) is 3.48. The van der Waals surface area contributed by atoms with Crippen LogP contribution in [-0.2, 0) is 13.1 Å². The average molecular weight is 410 g/mol. The van der Waals surface area contributed by atoms with Crippen molar-refractivity contribution in [1.82, 2.24) is 15.6 Å². The highest BCUT2D eigenvalue weighted by molar-refractivity contribution is 9.10. The van der Waals surface area contributed by atoms with Gasteiger partial charge in [0.15, 0.2) is 11.1 Å². The highest BCUT2D eigenvalue weighted by Gasteiger charge is 2.05. The molecule has 0 saturated carbocycles. The molecule has 0 unspecified atom stereocenters. The van der Waals surface area contributed by atoms with E-state index in [0.29, 0.717) is 13.1 Å². The van der Waals surface area contributed by atoms with Crippen molar-refractivity contribution in [2.75, 3.05) is 25.5 Å². The van der Waals surface area contributed by atoms with Crippen LogP contribution in [0.5, 0.6) is 0 Å². The Morgan fingerprint density at radius 3 is 2.75 bits per heavy atom. The van der Waals surface area contributed by atoms with Gasteiger partial charge in [0, 0.05) is 30.5 Å². The predicted molar refractivity (Wildman–Crippen MR) is 107 cm³/mol. The topological polar surface area (TPSA) is 52.6 Å². The predicted octanol–water partition coefficient (Wildman–Crippen LogP) is 3.54. The van der Waals surface area contributed by atoms with Gasteiger partial charge in [0.05, 0.1) is 18.8 Å². The van der Waals surface area contributed by atoms with Gasteiger partial charge in [-0.15, -0.1) is 11.3 Å². The van der Waals surface area contributed by atoms with Crippen molar-refractivity contribution in [2.24, 2.45) is 4.99 Å². The van der Waals surface area contributed by atoms with E-state index in [0.717, 1.165) is 27.8 Å². The molecule has 0 aliphatic carbocycles. The highest BCUT2D eigenvalue weighted by Crippen LogP contribution is 2.18. The van der Waals surface area contributed by atoms with Crippen molar-refractivity contribution in [3.05, 3.63) is 44.9 Å². The largest absolute Gasteiger partial charge is 0.357 e. The Bertz CT molecular complexity index is 696. The molecule has 0 radical (unpaired) electrons. The lowest BCUT2D eigenvalue weighted by molar-refractivity contribution is 0.802. The normalized spacial score (nSPS) is 11.5. The van der Waals surface area contributed by atoms with Gasteiger partial charge in [-0.05, 0) is 37.1 Å². The zero-order valence-electron chi connectivity index (χ0n) is 14.6. The number of aliphatic imine (C=N–C) groups is 1. The van der Waals surface area contributed by atoms with Gasteiger partial charge >= 0.3 is 0 Å². The smallest absolute Gasteiger partial charge is 0.191 e. The van der Waals surface area contributed by atoms with Gasteiger partial charge in [0.25, 0.3) is 0 Å². The summed E-state index contributed by atoms with van der Waals surface area (Å²) in [7, 11) is 4.00. The Morgan fingerprint density at radius 1 is 1.33 bits per heavy atom. The number of benzene rings is 1. The van der Waals surface area contributed by atoms with E-state index in [1.54, 1.807) is 11.3 Å². The van der Waals surface area contributed by atoms with Crippen molar-refractivity contribution in [1.29, 1.82) is 0 Å². The number of nitrogens with zero attached hydrogens (tertiary/aromatic N) is 3. The van der Waals surface area contributed by atoms with Crippen molar-refractivity contribution in [3.8, 4) is 0 Å². The van der Waals surface area contributed by atoms with Gasteiger partial charge in [-0.1, -0.05) is 22.0 Å². The first-order chi connectivity index (χ1) is 11.5. The molecule has 2 N–H and O–H groups in total. The first kappa shape index (κ1) is 18.7. The number of aromatic nitrogens is 1. The number of rotatable bonds is 6. The molecule has 0 aliphatic rings. The van der Waals surface area contributed by atoms with Crippen molar-refractivity contribution in [3.63, 3.8) is 0 Å². The van der Waals surface area contributed by atoms with E-state index < -0.39 is 0 Å². The minimum atomic E-state index is 0.647. The van der Waals surface area contributed by atoms with Gasteiger partial charge in [-0.3, -0.25) is 0 Å². The molecule has 130 valence electrons. The van der Waals surface area contributed by atoms with Gasteiger partial charge in [-0.2, -0.15) is 0 Å². The first-order valence-corrected chi connectivity index (χ1v) is 9.55. The van der Waals surface area contributed by atoms with Crippen LogP contribution >= 0.6 is 27.3 Å². The molecule has 0 atom stereocenters. The summed E-state index contributed by atoms with van der Waals surface area (Å²) in [6.45, 7) is 6.30. The lowest BCUT2D eigenvalue weighted by atomic mass is 10.1. The maximum absolute atomic E-state index is 4.68. The van der Waals surface area contributed by atoms with E-state index in [1.807, 2.05) is 19.0 Å². The van der Waals surface area contributed by atoms with E-state index in [9.17, 15) is 0 Å². The lowest BCUT2D eigenvalue weighted by Crippen LogP contribution is -2.36. The Hall–Kier alpha value is -1.60. The third kappa shape index (κ3) is 5.49. The molecule has 7 heteroatoms. The van der Waals surface area contributed by atoms with Gasteiger partial charge in [0.2, 0.25) is 0 Å². The fourth-order valence-corrected chi connectivity index (χ4v) is 3.33. The minimum Gasteiger partial charge on any atom is -0.357 e. The number of halogens is 1. The monoisotopic (exact) mass is 409 g/mol. The minimum absolute atomic E-state index is 0.647. The summed E-state index contributed by atoms with van der Waals surface area (Å²) in [5, 5.41) is 9.71. The molecule has 2 rings (SSSR count). The maximum atomic E-state index is 4.68. The molecule has 0 saturated heterocycles. The Morgan fingerprint density at radius 2 is 2.12 bits per heavy atom. The standard InChI is InChI=1S/C17H24BrN5S/c1-5-19-16(20-9-13-6-7-14(18)8-12(13)2)21-10-15-11-24-17(22-15)23(3)4/h6-8,11H,5,9-10H2,1-4H3,(H2,19,20,21). The van der Waals surface area contributed by atoms with E-state index >= 15 is 0 Å². The van der Waals surface area contributed by atoms with Gasteiger partial charge in [0.1, 0.15) is 0 Å². The fourth-order valence-electron chi connectivity index (χ4n) is 2.10. The quantitative estimate of drug-likeness (QED) is 0.565. The molecule has 0 bridgehead atoms. The van der Waals surface area contributed by atoms with Crippen LogP contribution in [0.1, 0.15) is 23.7 Å². The molecule has 1 aromatic carbocycles. The van der Waals surface area contributed by atoms with Crippen LogP contribution in [0, 0.1) is 6.92 Å². The van der Waals surface area contributed by atoms with Crippen LogP contribution in [0.15, 0.2) is 33.0 Å². The first-order valence-electron chi connectivity index (χ1n) is 7.88. The molecule has 0 fully saturated rings. The number of nitrogens with one attached hydrogen (secondary N) is 2. The van der Waals surface area contributed by atoms with Crippen molar-refractivity contribution >= 4 is 38.4 Å². The van der Waals surface area contributed by atoms with Crippen LogP contribution < -0.4 is 15.5 Å². The average Bonchev–Trinajstić information content (AvgIpc) is 3.00. The third-order valence-electron chi connectivity index (χ3n) is 3.42. The summed E-state index contributed by atoms with van der Waals surface area (Å²) in [5.74, 6) is 0.805. The molecule has 0 aliphatic heterocycles. The number of hydrogen-bond acceptors (Lipinski definition) is 4.